The van der Waals surface area contributed by atoms with Crippen molar-refractivity contribution in [1.82, 2.24) is 0 Å². The molecule has 0 radical (unpaired) electrons. The largest absolute Gasteiger partial charge is 0.240 e. The zero-order valence-corrected chi connectivity index (χ0v) is 6.43. The molecule has 2 heteroatoms. The molecule has 0 bridgehead atoms. The van der Waals surface area contributed by atoms with Gasteiger partial charge in [0, 0.05) is 0 Å². The van der Waals surface area contributed by atoms with E-state index in [1.165, 1.54) is 31.3 Å². The molecule has 2 nitrogen and oxygen atoms in total. The maximum absolute atomic E-state index is 4.80. The van der Waals surface area contributed by atoms with Gasteiger partial charge in [0.05, 0.1) is 7.11 Å². The van der Waals surface area contributed by atoms with E-state index in [9.17, 15) is 0 Å². The van der Waals surface area contributed by atoms with E-state index >= 15 is 0 Å². The molecular formula is C8H14O2. The third kappa shape index (κ3) is 2.50. The van der Waals surface area contributed by atoms with Crippen LogP contribution in [0.4, 0.5) is 0 Å². The average molecular weight is 142 g/mol. The molecule has 10 heavy (non-hydrogen) atoms. The van der Waals surface area contributed by atoms with Crippen LogP contribution in [0, 0.1) is 0 Å². The Hall–Kier alpha value is -0.340. The van der Waals surface area contributed by atoms with E-state index in [0.717, 1.165) is 0 Å². The van der Waals surface area contributed by atoms with Gasteiger partial charge in [0.2, 0.25) is 0 Å². The molecule has 0 spiro atoms. The molecule has 0 aromatic heterocycles. The van der Waals surface area contributed by atoms with Gasteiger partial charge < -0.3 is 0 Å². The first-order valence-electron chi connectivity index (χ1n) is 3.77. The maximum atomic E-state index is 4.80. The van der Waals surface area contributed by atoms with E-state index in [2.05, 4.69) is 11.0 Å². The van der Waals surface area contributed by atoms with Crippen LogP contribution < -0.4 is 0 Å². The average Bonchev–Trinajstić information content (AvgIpc) is 2.03. The van der Waals surface area contributed by atoms with Crippen LogP contribution in [0.2, 0.25) is 0 Å². The molecule has 0 saturated carbocycles. The Morgan fingerprint density at radius 1 is 1.50 bits per heavy atom. The predicted molar refractivity (Wildman–Crippen MR) is 39.5 cm³/mol. The van der Waals surface area contributed by atoms with E-state index in [4.69, 9.17) is 4.89 Å². The Morgan fingerprint density at radius 3 is 3.00 bits per heavy atom. The lowest BCUT2D eigenvalue weighted by Gasteiger charge is -2.10. The summed E-state index contributed by atoms with van der Waals surface area (Å²) < 4.78 is 0. The highest BCUT2D eigenvalue weighted by atomic mass is 17.2. The third-order valence-electron chi connectivity index (χ3n) is 1.75. The second-order valence-corrected chi connectivity index (χ2v) is 2.54. The van der Waals surface area contributed by atoms with Gasteiger partial charge in [0.25, 0.3) is 0 Å². The van der Waals surface area contributed by atoms with Crippen LogP contribution in [0.3, 0.4) is 0 Å². The third-order valence-corrected chi connectivity index (χ3v) is 1.75. The van der Waals surface area contributed by atoms with Gasteiger partial charge >= 0.3 is 0 Å². The Labute approximate surface area is 61.8 Å². The highest BCUT2D eigenvalue weighted by molar-refractivity contribution is 5.04. The molecule has 0 unspecified atom stereocenters. The van der Waals surface area contributed by atoms with Crippen molar-refractivity contribution in [2.24, 2.45) is 0 Å². The molecule has 1 aliphatic rings. The second kappa shape index (κ2) is 4.47. The zero-order chi connectivity index (χ0) is 7.23. The first-order valence-corrected chi connectivity index (χ1v) is 3.77. The van der Waals surface area contributed by atoms with Gasteiger partial charge in [0.15, 0.2) is 0 Å². The Morgan fingerprint density at radius 2 is 2.40 bits per heavy atom. The lowest BCUT2D eigenvalue weighted by molar-refractivity contribution is -0.265. The summed E-state index contributed by atoms with van der Waals surface area (Å²) >= 11 is 0. The monoisotopic (exact) mass is 142 g/mol. The minimum atomic E-state index is 0.649. The fourth-order valence-corrected chi connectivity index (χ4v) is 1.17. The van der Waals surface area contributed by atoms with Crippen molar-refractivity contribution in [2.45, 2.75) is 25.7 Å². The molecular weight excluding hydrogens is 128 g/mol. The summed E-state index contributed by atoms with van der Waals surface area (Å²) in [6.45, 7) is 0.649. The van der Waals surface area contributed by atoms with Gasteiger partial charge in [-0.1, -0.05) is 6.08 Å². The SMILES string of the molecule is COOCC1=CCCCC1. The van der Waals surface area contributed by atoms with Gasteiger partial charge in [0.1, 0.15) is 6.61 Å². The van der Waals surface area contributed by atoms with Crippen LogP contribution >= 0.6 is 0 Å². The van der Waals surface area contributed by atoms with Gasteiger partial charge in [-0.15, -0.1) is 0 Å². The summed E-state index contributed by atoms with van der Waals surface area (Å²) in [5, 5.41) is 0. The fraction of sp³-hybridized carbons (Fsp3) is 0.750. The summed E-state index contributed by atoms with van der Waals surface area (Å²) in [6, 6.07) is 0. The van der Waals surface area contributed by atoms with Gasteiger partial charge in [-0.25, -0.2) is 9.78 Å². The van der Waals surface area contributed by atoms with Crippen LogP contribution in [0.25, 0.3) is 0 Å². The number of hydrogen-bond acceptors (Lipinski definition) is 2. The minimum absolute atomic E-state index is 0.649. The Bertz CT molecular complexity index is 118. The van der Waals surface area contributed by atoms with Crippen molar-refractivity contribution < 1.29 is 9.78 Å². The minimum Gasteiger partial charge on any atom is -0.240 e. The highest BCUT2D eigenvalue weighted by Crippen LogP contribution is 2.16. The summed E-state index contributed by atoms with van der Waals surface area (Å²) in [7, 11) is 1.55. The number of allylic oxidation sites excluding steroid dienone is 1. The summed E-state index contributed by atoms with van der Waals surface area (Å²) in [5.41, 5.74) is 1.38. The molecule has 0 amide bonds. The van der Waals surface area contributed by atoms with Crippen LogP contribution in [0.15, 0.2) is 11.6 Å². The first-order chi connectivity index (χ1) is 4.93. The quantitative estimate of drug-likeness (QED) is 0.341. The van der Waals surface area contributed by atoms with Crippen molar-refractivity contribution in [3.8, 4) is 0 Å². The molecule has 0 fully saturated rings. The Balaban J connectivity index is 2.18. The molecule has 0 aliphatic heterocycles. The first kappa shape index (κ1) is 7.76. The Kier molecular flexibility index (Phi) is 3.47. The summed E-state index contributed by atoms with van der Waals surface area (Å²) in [5.74, 6) is 0. The lowest BCUT2D eigenvalue weighted by Crippen LogP contribution is -2.00. The fourth-order valence-electron chi connectivity index (χ4n) is 1.17. The molecule has 0 heterocycles. The highest BCUT2D eigenvalue weighted by Gasteiger charge is 2.02. The summed E-state index contributed by atoms with van der Waals surface area (Å²) in [4.78, 5) is 9.31. The molecule has 1 aliphatic carbocycles. The number of hydrogen-bond donors (Lipinski definition) is 0. The van der Waals surface area contributed by atoms with E-state index < -0.39 is 0 Å². The van der Waals surface area contributed by atoms with Crippen LogP contribution in [0.5, 0.6) is 0 Å². The van der Waals surface area contributed by atoms with Crippen LogP contribution in [0.1, 0.15) is 25.7 Å². The van der Waals surface area contributed by atoms with E-state index in [1.54, 1.807) is 7.11 Å². The zero-order valence-electron chi connectivity index (χ0n) is 6.43. The van der Waals surface area contributed by atoms with Gasteiger partial charge in [-0.2, -0.15) is 0 Å². The van der Waals surface area contributed by atoms with E-state index in [1.807, 2.05) is 0 Å². The smallest absolute Gasteiger partial charge is 0.103 e. The van der Waals surface area contributed by atoms with Crippen molar-refractivity contribution in [3.05, 3.63) is 11.6 Å². The molecule has 0 N–H and O–H groups in total. The topological polar surface area (TPSA) is 18.5 Å². The van der Waals surface area contributed by atoms with Gasteiger partial charge in [-0.05, 0) is 31.3 Å². The molecule has 0 saturated heterocycles. The van der Waals surface area contributed by atoms with Crippen molar-refractivity contribution in [1.29, 1.82) is 0 Å². The van der Waals surface area contributed by atoms with Crippen molar-refractivity contribution >= 4 is 0 Å². The van der Waals surface area contributed by atoms with E-state index in [-0.39, 0.29) is 0 Å². The predicted octanol–water partition coefficient (Wildman–Crippen LogP) is 2.06. The molecule has 58 valence electrons. The van der Waals surface area contributed by atoms with Crippen molar-refractivity contribution in [3.63, 3.8) is 0 Å². The van der Waals surface area contributed by atoms with Gasteiger partial charge in [-0.3, -0.25) is 0 Å². The van der Waals surface area contributed by atoms with Crippen LogP contribution in [-0.4, -0.2) is 13.7 Å². The standard InChI is InChI=1S/C8H14O2/c1-9-10-7-8-5-3-2-4-6-8/h5H,2-4,6-7H2,1H3. The molecule has 0 atom stereocenters. The van der Waals surface area contributed by atoms with E-state index in [0.29, 0.717) is 6.61 Å². The van der Waals surface area contributed by atoms with Crippen LogP contribution in [-0.2, 0) is 9.78 Å². The normalized spacial score (nSPS) is 18.7. The second-order valence-electron chi connectivity index (χ2n) is 2.54. The number of rotatable bonds is 3. The maximum Gasteiger partial charge on any atom is 0.103 e. The molecule has 0 aromatic carbocycles. The van der Waals surface area contributed by atoms with Crippen molar-refractivity contribution in [2.75, 3.05) is 13.7 Å². The molecule has 0 aromatic rings. The lowest BCUT2D eigenvalue weighted by atomic mass is 10.0. The molecule has 1 rings (SSSR count). The summed E-state index contributed by atoms with van der Waals surface area (Å²) in [6.07, 6.45) is 7.28.